The molecule has 0 unspecified atom stereocenters. The molecule has 148 valence electrons. The number of fused-ring (bicyclic) bond motifs is 2. The number of hydrogen-bond donors (Lipinski definition) is 1. The maximum atomic E-state index is 13.2. The lowest BCUT2D eigenvalue weighted by Gasteiger charge is -2.21. The first-order chi connectivity index (χ1) is 13.8. The van der Waals surface area contributed by atoms with Gasteiger partial charge >= 0.3 is 0 Å². The minimum absolute atomic E-state index is 0.0320. The van der Waals surface area contributed by atoms with Crippen molar-refractivity contribution in [1.82, 2.24) is 0 Å². The Morgan fingerprint density at radius 1 is 1.00 bits per heavy atom. The molecule has 3 aromatic rings. The van der Waals surface area contributed by atoms with Crippen molar-refractivity contribution in [2.75, 3.05) is 16.7 Å². The third-order valence-electron chi connectivity index (χ3n) is 4.64. The number of carbonyl (C=O) groups excluding carboxylic acids is 1. The second-order valence-corrected chi connectivity index (χ2v) is 8.99. The van der Waals surface area contributed by atoms with Gasteiger partial charge in [0.1, 0.15) is 10.6 Å². The van der Waals surface area contributed by atoms with Gasteiger partial charge in [0.2, 0.25) is 0 Å². The fourth-order valence-electron chi connectivity index (χ4n) is 3.04. The van der Waals surface area contributed by atoms with E-state index in [1.54, 1.807) is 42.5 Å². The van der Waals surface area contributed by atoms with Gasteiger partial charge in [-0.05, 0) is 42.8 Å². The van der Waals surface area contributed by atoms with Crippen molar-refractivity contribution in [2.45, 2.75) is 11.8 Å². The summed E-state index contributed by atoms with van der Waals surface area (Å²) in [6.07, 6.45) is 0. The molecule has 1 amide bonds. The number of rotatable bonds is 3. The van der Waals surface area contributed by atoms with Gasteiger partial charge in [0.05, 0.1) is 22.0 Å². The number of halogens is 1. The molecule has 1 aliphatic heterocycles. The Hall–Kier alpha value is -3.03. The predicted molar refractivity (Wildman–Crippen MR) is 113 cm³/mol. The van der Waals surface area contributed by atoms with Gasteiger partial charge in [0.15, 0.2) is 5.75 Å². The van der Waals surface area contributed by atoms with Gasteiger partial charge in [0.25, 0.3) is 15.9 Å². The molecular formula is C21H17ClN2O4S. The minimum atomic E-state index is -4.00. The molecule has 3 aromatic carbocycles. The molecule has 0 saturated carbocycles. The van der Waals surface area contributed by atoms with Gasteiger partial charge in [-0.1, -0.05) is 35.9 Å². The highest BCUT2D eigenvalue weighted by Gasteiger charge is 2.29. The number of amides is 1. The van der Waals surface area contributed by atoms with Crippen LogP contribution in [0.5, 0.6) is 11.5 Å². The smallest absolute Gasteiger partial charge is 0.265 e. The van der Waals surface area contributed by atoms with Crippen LogP contribution in [0, 0.1) is 6.92 Å². The molecule has 0 saturated heterocycles. The summed E-state index contributed by atoms with van der Waals surface area (Å²) in [5.74, 6) is 0.182. The van der Waals surface area contributed by atoms with E-state index in [0.29, 0.717) is 17.1 Å². The van der Waals surface area contributed by atoms with E-state index in [2.05, 4.69) is 5.32 Å². The number of hydrogen-bond acceptors (Lipinski definition) is 4. The first-order valence-corrected chi connectivity index (χ1v) is 10.6. The molecule has 6 nitrogen and oxygen atoms in total. The summed E-state index contributed by atoms with van der Waals surface area (Å²) in [5.41, 5.74) is 2.01. The molecule has 8 heteroatoms. The van der Waals surface area contributed by atoms with Gasteiger partial charge in [-0.2, -0.15) is 0 Å². The third-order valence-corrected chi connectivity index (χ3v) is 6.89. The molecule has 0 radical (unpaired) electrons. The number of aryl methyl sites for hydroxylation is 1. The van der Waals surface area contributed by atoms with Crippen LogP contribution in [-0.2, 0) is 10.0 Å². The number of ether oxygens (including phenoxy) is 1. The highest BCUT2D eigenvalue weighted by Crippen LogP contribution is 2.40. The van der Waals surface area contributed by atoms with E-state index in [1.807, 2.05) is 13.0 Å². The standard InChI is InChI=1S/C21H17ClN2O4S/c1-13-8-9-17-19(10-13)28-18-12-16(22)20(11-15(18)21(25)23-17)29(26,27)24(2)14-6-4-3-5-7-14/h3-12H,1-2H3,(H,23,25). The molecule has 0 bridgehead atoms. The molecule has 0 fully saturated rings. The zero-order chi connectivity index (χ0) is 20.8. The molecule has 0 aliphatic carbocycles. The van der Waals surface area contributed by atoms with Crippen LogP contribution in [0.25, 0.3) is 0 Å². The van der Waals surface area contributed by atoms with Gasteiger partial charge in [-0.25, -0.2) is 8.42 Å². The van der Waals surface area contributed by atoms with Gasteiger partial charge in [0, 0.05) is 13.1 Å². The number of carbonyl (C=O) groups is 1. The summed E-state index contributed by atoms with van der Waals surface area (Å²) < 4.78 is 33.3. The zero-order valence-corrected chi connectivity index (χ0v) is 17.2. The van der Waals surface area contributed by atoms with Crippen LogP contribution in [0.15, 0.2) is 65.6 Å². The Labute approximate surface area is 173 Å². The van der Waals surface area contributed by atoms with Gasteiger partial charge in [-0.15, -0.1) is 0 Å². The average Bonchev–Trinajstić information content (AvgIpc) is 2.82. The van der Waals surface area contributed by atoms with Crippen LogP contribution in [0.1, 0.15) is 15.9 Å². The van der Waals surface area contributed by atoms with E-state index in [-0.39, 0.29) is 21.2 Å². The first kappa shape index (κ1) is 19.3. The lowest BCUT2D eigenvalue weighted by Crippen LogP contribution is -2.27. The van der Waals surface area contributed by atoms with E-state index < -0.39 is 15.9 Å². The van der Waals surface area contributed by atoms with Crippen LogP contribution < -0.4 is 14.4 Å². The molecule has 0 aromatic heterocycles. The second-order valence-electron chi connectivity index (χ2n) is 6.64. The largest absolute Gasteiger partial charge is 0.454 e. The average molecular weight is 429 g/mol. The van der Waals surface area contributed by atoms with Gasteiger partial charge < -0.3 is 10.1 Å². The summed E-state index contributed by atoms with van der Waals surface area (Å²) in [5, 5.41) is 2.72. The van der Waals surface area contributed by atoms with E-state index in [9.17, 15) is 13.2 Å². The Balaban J connectivity index is 1.81. The van der Waals surface area contributed by atoms with E-state index in [1.165, 1.54) is 19.2 Å². The quantitative estimate of drug-likeness (QED) is 0.648. The summed E-state index contributed by atoms with van der Waals surface area (Å²) in [7, 11) is -2.57. The molecule has 0 atom stereocenters. The molecule has 0 spiro atoms. The molecule has 4 rings (SSSR count). The number of benzene rings is 3. The number of para-hydroxylation sites is 1. The van der Waals surface area contributed by atoms with Gasteiger partial charge in [-0.3, -0.25) is 9.10 Å². The summed E-state index contributed by atoms with van der Waals surface area (Å²) >= 11 is 6.32. The minimum Gasteiger partial charge on any atom is -0.454 e. The fraction of sp³-hybridized carbons (Fsp3) is 0.0952. The Kier molecular flexibility index (Phi) is 4.72. The number of nitrogens with one attached hydrogen (secondary N) is 1. The lowest BCUT2D eigenvalue weighted by molar-refractivity contribution is 0.102. The Morgan fingerprint density at radius 3 is 2.45 bits per heavy atom. The monoisotopic (exact) mass is 428 g/mol. The van der Waals surface area contributed by atoms with Crippen molar-refractivity contribution in [2.24, 2.45) is 0 Å². The van der Waals surface area contributed by atoms with E-state index in [4.69, 9.17) is 16.3 Å². The topological polar surface area (TPSA) is 75.7 Å². The van der Waals surface area contributed by atoms with Crippen molar-refractivity contribution in [1.29, 1.82) is 0 Å². The van der Waals surface area contributed by atoms with Crippen molar-refractivity contribution >= 4 is 38.9 Å². The van der Waals surface area contributed by atoms with Crippen LogP contribution in [0.4, 0.5) is 11.4 Å². The third kappa shape index (κ3) is 3.43. The summed E-state index contributed by atoms with van der Waals surface area (Å²) in [6, 6.07) is 16.6. The SMILES string of the molecule is Cc1ccc2c(c1)Oc1cc(Cl)c(S(=O)(=O)N(C)c3ccccc3)cc1C(=O)N2. The maximum absolute atomic E-state index is 13.2. The van der Waals surface area contributed by atoms with Crippen molar-refractivity contribution < 1.29 is 17.9 Å². The summed E-state index contributed by atoms with van der Waals surface area (Å²) in [4.78, 5) is 12.6. The van der Waals surface area contributed by atoms with E-state index >= 15 is 0 Å². The van der Waals surface area contributed by atoms with Crippen LogP contribution in [0.2, 0.25) is 5.02 Å². The normalized spacial score (nSPS) is 12.9. The second kappa shape index (κ2) is 7.09. The van der Waals surface area contributed by atoms with Crippen molar-refractivity contribution in [3.63, 3.8) is 0 Å². The lowest BCUT2D eigenvalue weighted by atomic mass is 10.2. The Morgan fingerprint density at radius 2 is 1.72 bits per heavy atom. The first-order valence-electron chi connectivity index (χ1n) is 8.75. The predicted octanol–water partition coefficient (Wildman–Crippen LogP) is 4.83. The summed E-state index contributed by atoms with van der Waals surface area (Å²) in [6.45, 7) is 1.90. The van der Waals surface area contributed by atoms with Crippen LogP contribution >= 0.6 is 11.6 Å². The maximum Gasteiger partial charge on any atom is 0.265 e. The highest BCUT2D eigenvalue weighted by molar-refractivity contribution is 7.93. The van der Waals surface area contributed by atoms with Crippen LogP contribution in [0.3, 0.4) is 0 Å². The molecule has 1 heterocycles. The molecule has 1 N–H and O–H groups in total. The fourth-order valence-corrected chi connectivity index (χ4v) is 4.76. The number of anilines is 2. The molecule has 1 aliphatic rings. The number of sulfonamides is 1. The number of nitrogens with zero attached hydrogens (tertiary/aromatic N) is 1. The van der Waals surface area contributed by atoms with E-state index in [0.717, 1.165) is 9.87 Å². The zero-order valence-electron chi connectivity index (χ0n) is 15.6. The highest BCUT2D eigenvalue weighted by atomic mass is 35.5. The molecule has 29 heavy (non-hydrogen) atoms. The van der Waals surface area contributed by atoms with Crippen molar-refractivity contribution in [3.8, 4) is 11.5 Å². The van der Waals surface area contributed by atoms with Crippen LogP contribution in [-0.4, -0.2) is 21.4 Å². The van der Waals surface area contributed by atoms with Crippen molar-refractivity contribution in [3.05, 3.63) is 76.8 Å². The molecular weight excluding hydrogens is 412 g/mol. The Bertz CT molecular complexity index is 1230.